The monoisotopic (exact) mass is 896 g/mol. The number of ether oxygens (including phenoxy) is 2. The van der Waals surface area contributed by atoms with Gasteiger partial charge in [-0.2, -0.15) is 0 Å². The summed E-state index contributed by atoms with van der Waals surface area (Å²) in [7, 11) is 0. The molecule has 380 valence electrons. The number of hydrogen-bond acceptors (Lipinski definition) is 7. The van der Waals surface area contributed by atoms with Crippen LogP contribution < -0.4 is 5.32 Å². The van der Waals surface area contributed by atoms with Crippen LogP contribution in [0.4, 0.5) is 0 Å². The van der Waals surface area contributed by atoms with Gasteiger partial charge in [0.05, 0.1) is 6.61 Å². The van der Waals surface area contributed by atoms with E-state index in [4.69, 9.17) is 9.47 Å². The molecule has 0 bridgehead atoms. The molecule has 0 heterocycles. The number of nitrogens with one attached hydrogen (secondary N) is 1. The number of unbranched alkanes of at least 4 members (excludes halogenated alkanes) is 23. The molecule has 1 unspecified atom stereocenters. The molecule has 0 aromatic carbocycles. The maximum atomic E-state index is 12.4. The van der Waals surface area contributed by atoms with Crippen LogP contribution in [0.25, 0.3) is 0 Å². The number of carbonyl (C=O) groups is 2. The van der Waals surface area contributed by atoms with Crippen molar-refractivity contribution in [1.82, 2.24) is 10.2 Å². The van der Waals surface area contributed by atoms with Crippen LogP contribution in [0.2, 0.25) is 0 Å². The molecule has 0 fully saturated rings. The molecule has 0 radical (unpaired) electrons. The van der Waals surface area contributed by atoms with Gasteiger partial charge >= 0.3 is 11.9 Å². The molecule has 0 aliphatic rings. The van der Waals surface area contributed by atoms with E-state index in [1.54, 1.807) is 6.20 Å². The molecule has 0 amide bonds. The molecule has 0 saturated heterocycles. The number of hydrogen-bond donors (Lipinski definition) is 1. The fourth-order valence-corrected chi connectivity index (χ4v) is 6.64. The average molecular weight is 897 g/mol. The minimum atomic E-state index is -0.0435. The van der Waals surface area contributed by atoms with Gasteiger partial charge in [0.25, 0.3) is 0 Å². The lowest BCUT2D eigenvalue weighted by molar-refractivity contribution is -0.150. The van der Waals surface area contributed by atoms with E-state index in [-0.39, 0.29) is 18.0 Å². The Kier molecular flexibility index (Phi) is 77.0. The highest BCUT2D eigenvalue weighted by atomic mass is 16.5. The molecule has 0 aliphatic carbocycles. The molecule has 0 rings (SSSR count). The van der Waals surface area contributed by atoms with Crippen LogP contribution in [0, 0.1) is 0 Å². The highest BCUT2D eigenvalue weighted by molar-refractivity contribution is 5.69. The zero-order chi connectivity index (χ0) is 48.1. The number of aliphatic imine (C=N–C) groups is 1. The van der Waals surface area contributed by atoms with E-state index in [1.165, 1.54) is 167 Å². The smallest absolute Gasteiger partial charge is 0.306 e. The van der Waals surface area contributed by atoms with Gasteiger partial charge in [-0.25, -0.2) is 0 Å². The van der Waals surface area contributed by atoms with Crippen LogP contribution in [0.1, 0.15) is 294 Å². The van der Waals surface area contributed by atoms with Crippen LogP contribution in [0.5, 0.6) is 0 Å². The summed E-state index contributed by atoms with van der Waals surface area (Å²) in [5.41, 5.74) is 0. The van der Waals surface area contributed by atoms with E-state index in [0.29, 0.717) is 19.4 Å². The van der Waals surface area contributed by atoms with E-state index in [1.807, 2.05) is 13.1 Å². The Bertz CT molecular complexity index is 844. The zero-order valence-corrected chi connectivity index (χ0v) is 45.0. The average Bonchev–Trinajstić information content (AvgIpc) is 3.28. The highest BCUT2D eigenvalue weighted by Crippen LogP contribution is 2.18. The molecule has 0 saturated carbocycles. The summed E-state index contributed by atoms with van der Waals surface area (Å²) in [6, 6.07) is 0. The molecule has 7 heteroatoms. The molecule has 0 aromatic rings. The summed E-state index contributed by atoms with van der Waals surface area (Å²) < 4.78 is 11.0. The summed E-state index contributed by atoms with van der Waals surface area (Å²) in [6.07, 6.45) is 45.3. The summed E-state index contributed by atoms with van der Waals surface area (Å²) in [5.74, 6) is 0.00423. The third-order valence-corrected chi connectivity index (χ3v) is 10.7. The molecule has 0 aromatic heterocycles. The lowest BCUT2D eigenvalue weighted by Crippen LogP contribution is -2.18. The Morgan fingerprint density at radius 3 is 1.32 bits per heavy atom. The largest absolute Gasteiger partial charge is 0.466 e. The van der Waals surface area contributed by atoms with Gasteiger partial charge < -0.3 is 19.7 Å². The minimum absolute atomic E-state index is 0.0435. The summed E-state index contributed by atoms with van der Waals surface area (Å²) in [5, 5.41) is 3.37. The van der Waals surface area contributed by atoms with Gasteiger partial charge in [0.2, 0.25) is 0 Å². The third kappa shape index (κ3) is 74.7. The predicted octanol–water partition coefficient (Wildman–Crippen LogP) is 17.9. The van der Waals surface area contributed by atoms with Crippen molar-refractivity contribution in [2.75, 3.05) is 32.8 Å². The molecule has 1 N–H and O–H groups in total. The standard InChI is InChI=1S/C28H57NO2.C11H22O2.C7H14N2.C7H16.C3H8/c1-4-7-9-11-13-16-20-24-27(23-19-15-12-10-8-5-2)31-28(30)25-21-17-14-18-22-26-29-6-3;1-3-5-6-7-8-10-13-11(12)9-4-2;1-4-9(5-2)7-6-8-3;1-3-5-7-6-4-2;1-3-2/h27,29H,4-26H2,1-3H3;3-10H2,1-2H3;6-7H,3-5H2,1-2H3;3-7H2,1-2H3;3H2,1-2H3/b;;7-6-;;. The van der Waals surface area contributed by atoms with E-state index in [9.17, 15) is 9.59 Å². The van der Waals surface area contributed by atoms with E-state index < -0.39 is 0 Å². The number of carbonyl (C=O) groups excluding carboxylic acids is 2. The summed E-state index contributed by atoms with van der Waals surface area (Å²) in [4.78, 5) is 29.0. The topological polar surface area (TPSA) is 80.2 Å². The molecular formula is C56H117N3O4. The van der Waals surface area contributed by atoms with Crippen molar-refractivity contribution in [3.8, 4) is 0 Å². The Morgan fingerprint density at radius 1 is 0.508 bits per heavy atom. The zero-order valence-electron chi connectivity index (χ0n) is 45.0. The molecule has 7 nitrogen and oxygen atoms in total. The van der Waals surface area contributed by atoms with Crippen molar-refractivity contribution in [2.24, 2.45) is 4.99 Å². The fraction of sp³-hybridized carbons (Fsp3) is 0.911. The summed E-state index contributed by atoms with van der Waals surface area (Å²) in [6.45, 7) is 32.0. The SMILES string of the molecule is C=N/C=C\N(CC)CC.CCC.CCCCCCC.CCCCCCCCCC(CCCCCCCC)OC(=O)CCCCCCCNCC.CCCCCCCOC(=O)CCC. The van der Waals surface area contributed by atoms with Crippen molar-refractivity contribution in [3.63, 3.8) is 0 Å². The van der Waals surface area contributed by atoms with Crippen molar-refractivity contribution in [1.29, 1.82) is 0 Å². The Labute approximate surface area is 397 Å². The first-order chi connectivity index (χ1) is 30.7. The van der Waals surface area contributed by atoms with Gasteiger partial charge in [0, 0.05) is 38.3 Å². The Hall–Kier alpha value is -1.89. The molecule has 63 heavy (non-hydrogen) atoms. The van der Waals surface area contributed by atoms with Crippen LogP contribution in [-0.4, -0.2) is 62.4 Å². The second kappa shape index (κ2) is 69.2. The van der Waals surface area contributed by atoms with E-state index in [0.717, 1.165) is 64.7 Å². The quantitative estimate of drug-likeness (QED) is 0.0374. The second-order valence-corrected chi connectivity index (χ2v) is 17.3. The van der Waals surface area contributed by atoms with Gasteiger partial charge in [-0.3, -0.25) is 14.6 Å². The van der Waals surface area contributed by atoms with Crippen LogP contribution in [0.15, 0.2) is 17.4 Å². The first-order valence-corrected chi connectivity index (χ1v) is 27.6. The van der Waals surface area contributed by atoms with Crippen molar-refractivity contribution >= 4 is 18.7 Å². The number of rotatable bonds is 41. The lowest BCUT2D eigenvalue weighted by Gasteiger charge is -2.18. The van der Waals surface area contributed by atoms with Crippen molar-refractivity contribution in [2.45, 2.75) is 301 Å². The fourth-order valence-electron chi connectivity index (χ4n) is 6.64. The molecule has 0 spiro atoms. The van der Waals surface area contributed by atoms with Gasteiger partial charge in [0.1, 0.15) is 6.10 Å². The maximum Gasteiger partial charge on any atom is 0.306 e. The van der Waals surface area contributed by atoms with Gasteiger partial charge in [-0.05, 0) is 85.0 Å². The summed E-state index contributed by atoms with van der Waals surface area (Å²) >= 11 is 0. The third-order valence-electron chi connectivity index (χ3n) is 10.7. The van der Waals surface area contributed by atoms with E-state index in [2.05, 4.69) is 91.2 Å². The number of nitrogens with zero attached hydrogens (tertiary/aromatic N) is 2. The molecule has 0 aliphatic heterocycles. The van der Waals surface area contributed by atoms with Gasteiger partial charge in [-0.15, -0.1) is 0 Å². The van der Waals surface area contributed by atoms with Crippen LogP contribution >= 0.6 is 0 Å². The predicted molar refractivity (Wildman–Crippen MR) is 283 cm³/mol. The number of esters is 2. The van der Waals surface area contributed by atoms with Gasteiger partial charge in [0.15, 0.2) is 0 Å². The molecule has 1 atom stereocenters. The normalized spacial score (nSPS) is 10.8. The Balaban J connectivity index is -0.000000283. The first kappa shape index (κ1) is 70.1. The van der Waals surface area contributed by atoms with Crippen molar-refractivity contribution in [3.05, 3.63) is 12.4 Å². The van der Waals surface area contributed by atoms with Crippen LogP contribution in [0.3, 0.4) is 0 Å². The maximum absolute atomic E-state index is 12.4. The molecular weight excluding hydrogens is 779 g/mol. The minimum Gasteiger partial charge on any atom is -0.466 e. The van der Waals surface area contributed by atoms with Crippen molar-refractivity contribution < 1.29 is 19.1 Å². The second-order valence-electron chi connectivity index (χ2n) is 17.3. The highest BCUT2D eigenvalue weighted by Gasteiger charge is 2.14. The Morgan fingerprint density at radius 2 is 0.905 bits per heavy atom. The lowest BCUT2D eigenvalue weighted by atomic mass is 10.0. The van der Waals surface area contributed by atoms with E-state index >= 15 is 0 Å². The van der Waals surface area contributed by atoms with Crippen LogP contribution in [-0.2, 0) is 19.1 Å². The van der Waals surface area contributed by atoms with Gasteiger partial charge in [-0.1, -0.05) is 216 Å². The first-order valence-electron chi connectivity index (χ1n) is 27.6.